The molecule has 0 spiro atoms. The number of pyridine rings is 1. The lowest BCUT2D eigenvalue weighted by molar-refractivity contribution is -0.274. The monoisotopic (exact) mass is 599 g/mol. The summed E-state index contributed by atoms with van der Waals surface area (Å²) in [6.07, 6.45) is -2.46. The van der Waals surface area contributed by atoms with Crippen molar-refractivity contribution in [1.82, 2.24) is 19.7 Å². The number of sulfone groups is 1. The Morgan fingerprint density at radius 2 is 1.88 bits per heavy atom. The molecule has 2 N–H and O–H groups in total. The van der Waals surface area contributed by atoms with E-state index in [-0.39, 0.29) is 48.8 Å². The van der Waals surface area contributed by atoms with Gasteiger partial charge in [-0.15, -0.1) is 13.2 Å². The van der Waals surface area contributed by atoms with Gasteiger partial charge < -0.3 is 20.1 Å². The lowest BCUT2D eigenvalue weighted by atomic mass is 10.0. The number of primary amides is 1. The maximum absolute atomic E-state index is 15.1. The van der Waals surface area contributed by atoms with Crippen LogP contribution in [0.3, 0.4) is 0 Å². The number of carbonyl (C=O) groups excluding carboxylic acids is 2. The zero-order valence-electron chi connectivity index (χ0n) is 21.5. The maximum atomic E-state index is 15.1. The number of nitrogens with two attached hydrogens (primary N) is 1. The summed E-state index contributed by atoms with van der Waals surface area (Å²) in [5, 5.41) is 3.96. The molecule has 2 amide bonds. The highest BCUT2D eigenvalue weighted by Gasteiger charge is 2.34. The van der Waals surface area contributed by atoms with E-state index in [2.05, 4.69) is 14.8 Å². The van der Waals surface area contributed by atoms with Crippen molar-refractivity contribution in [1.29, 1.82) is 0 Å². The van der Waals surface area contributed by atoms with Crippen molar-refractivity contribution in [3.8, 4) is 22.8 Å². The predicted molar refractivity (Wildman–Crippen MR) is 136 cm³/mol. The van der Waals surface area contributed by atoms with Crippen molar-refractivity contribution in [2.75, 3.05) is 19.3 Å². The van der Waals surface area contributed by atoms with Gasteiger partial charge in [-0.3, -0.25) is 19.3 Å². The Bertz CT molecular complexity index is 1530. The molecule has 0 aliphatic carbocycles. The number of hydrogen-bond acceptors (Lipinski definition) is 8. The molecule has 2 aromatic heterocycles. The van der Waals surface area contributed by atoms with Gasteiger partial charge in [0.1, 0.15) is 17.7 Å². The Morgan fingerprint density at radius 1 is 1.17 bits per heavy atom. The number of alkyl halides is 4. The Labute approximate surface area is 231 Å². The molecule has 220 valence electrons. The fourth-order valence-corrected chi connectivity index (χ4v) is 4.82. The van der Waals surface area contributed by atoms with Crippen LogP contribution in [0.25, 0.3) is 11.3 Å². The predicted octanol–water partition coefficient (Wildman–Crippen LogP) is 2.51. The Morgan fingerprint density at radius 3 is 2.49 bits per heavy atom. The van der Waals surface area contributed by atoms with Crippen LogP contribution in [-0.4, -0.2) is 77.9 Å². The number of ether oxygens (including phenoxy) is 2. The van der Waals surface area contributed by atoms with Crippen LogP contribution in [0.1, 0.15) is 22.3 Å². The van der Waals surface area contributed by atoms with E-state index in [0.29, 0.717) is 11.1 Å². The molecule has 41 heavy (non-hydrogen) atoms. The van der Waals surface area contributed by atoms with Gasteiger partial charge in [0.2, 0.25) is 5.91 Å². The zero-order valence-corrected chi connectivity index (χ0v) is 22.4. The topological polar surface area (TPSA) is 147 Å². The minimum Gasteiger partial charge on any atom is -0.485 e. The summed E-state index contributed by atoms with van der Waals surface area (Å²) in [5.41, 5.74) is 6.54. The molecular weight excluding hydrogens is 574 g/mol. The average Bonchev–Trinajstić information content (AvgIpc) is 3.32. The van der Waals surface area contributed by atoms with E-state index >= 15 is 4.39 Å². The van der Waals surface area contributed by atoms with Crippen LogP contribution >= 0.6 is 0 Å². The van der Waals surface area contributed by atoms with E-state index in [1.807, 2.05) is 0 Å². The molecule has 0 bridgehead atoms. The first-order chi connectivity index (χ1) is 19.2. The molecule has 0 radical (unpaired) electrons. The molecule has 1 aliphatic rings. The highest BCUT2D eigenvalue weighted by atomic mass is 32.2. The SMILES string of the molecule is CS(=O)(=O)Cn1cc(-c2cc(C(N)=O)c(O[C@H]3CCN(C(=O)Cc4ccc(OC(F)(F)F)cc4)C[C@@H]3F)cn2)cn1. The molecular formula is C25H25F4N5O6S. The van der Waals surface area contributed by atoms with Gasteiger partial charge in [0.05, 0.1) is 36.6 Å². The van der Waals surface area contributed by atoms with Crippen LogP contribution in [0, 0.1) is 0 Å². The molecule has 1 aromatic carbocycles. The van der Waals surface area contributed by atoms with Crippen LogP contribution in [0.4, 0.5) is 17.6 Å². The standard InChI is InChI=1S/C25H25F4N5O6S/c1-41(37,38)14-34-12-16(10-32-34)20-9-18(24(30)36)22(11-31-20)39-21-6-7-33(13-19(21)26)23(35)8-15-2-4-17(5-3-15)40-25(27,28)29/h2-5,9-12,19,21H,6-8,13-14H2,1H3,(H2,30,36)/t19-,21-/m0/s1. The van der Waals surface area contributed by atoms with Crippen molar-refractivity contribution in [3.63, 3.8) is 0 Å². The number of rotatable bonds is 9. The van der Waals surface area contributed by atoms with Crippen molar-refractivity contribution in [2.45, 2.75) is 37.4 Å². The minimum absolute atomic E-state index is 0.0571. The summed E-state index contributed by atoms with van der Waals surface area (Å²) in [5.74, 6) is -2.11. The first-order valence-electron chi connectivity index (χ1n) is 12.1. The summed E-state index contributed by atoms with van der Waals surface area (Å²) in [7, 11) is -3.34. The lowest BCUT2D eigenvalue weighted by Crippen LogP contribution is -2.49. The molecule has 0 saturated carbocycles. The molecule has 1 fully saturated rings. The van der Waals surface area contributed by atoms with E-state index in [0.717, 1.165) is 18.4 Å². The second-order valence-electron chi connectivity index (χ2n) is 9.42. The molecule has 2 atom stereocenters. The fraction of sp³-hybridized carbons (Fsp3) is 0.360. The van der Waals surface area contributed by atoms with Crippen LogP contribution in [0.2, 0.25) is 0 Å². The van der Waals surface area contributed by atoms with Crippen molar-refractivity contribution < 1.29 is 45.0 Å². The largest absolute Gasteiger partial charge is 0.573 e. The number of aromatic nitrogens is 3. The second kappa shape index (κ2) is 11.7. The number of benzene rings is 1. The molecule has 11 nitrogen and oxygen atoms in total. The van der Waals surface area contributed by atoms with E-state index in [4.69, 9.17) is 10.5 Å². The number of amides is 2. The Balaban J connectivity index is 1.38. The average molecular weight is 600 g/mol. The van der Waals surface area contributed by atoms with Gasteiger partial charge >= 0.3 is 6.36 Å². The summed E-state index contributed by atoms with van der Waals surface area (Å²) in [6, 6.07) is 6.15. The van der Waals surface area contributed by atoms with E-state index in [1.54, 1.807) is 0 Å². The molecule has 4 rings (SSSR count). The Kier molecular flexibility index (Phi) is 8.51. The first-order valence-corrected chi connectivity index (χ1v) is 14.2. The van der Waals surface area contributed by atoms with Gasteiger partial charge in [0, 0.05) is 31.0 Å². The maximum Gasteiger partial charge on any atom is 0.573 e. The van der Waals surface area contributed by atoms with Gasteiger partial charge in [-0.2, -0.15) is 5.10 Å². The van der Waals surface area contributed by atoms with E-state index < -0.39 is 46.0 Å². The molecule has 3 aromatic rings. The highest BCUT2D eigenvalue weighted by Crippen LogP contribution is 2.28. The highest BCUT2D eigenvalue weighted by molar-refractivity contribution is 7.89. The summed E-state index contributed by atoms with van der Waals surface area (Å²) in [4.78, 5) is 30.3. The van der Waals surface area contributed by atoms with Gasteiger partial charge in [-0.05, 0) is 23.8 Å². The van der Waals surface area contributed by atoms with Crippen molar-refractivity contribution in [3.05, 3.63) is 60.0 Å². The number of hydrogen-bond donors (Lipinski definition) is 1. The van der Waals surface area contributed by atoms with E-state index in [9.17, 15) is 31.2 Å². The fourth-order valence-electron chi connectivity index (χ4n) is 4.19. The van der Waals surface area contributed by atoms with Crippen LogP contribution < -0.4 is 15.2 Å². The Hall–Kier alpha value is -4.21. The number of halogens is 4. The molecule has 0 unspecified atom stereocenters. The molecule has 1 aliphatic heterocycles. The number of nitrogens with zero attached hydrogens (tertiary/aromatic N) is 4. The van der Waals surface area contributed by atoms with Crippen molar-refractivity contribution in [2.24, 2.45) is 5.73 Å². The number of likely N-dealkylation sites (tertiary alicyclic amines) is 1. The third-order valence-electron chi connectivity index (χ3n) is 6.05. The van der Waals surface area contributed by atoms with Crippen LogP contribution in [0.5, 0.6) is 11.5 Å². The second-order valence-corrected chi connectivity index (χ2v) is 11.5. The summed E-state index contributed by atoms with van der Waals surface area (Å²) >= 11 is 0. The summed E-state index contributed by atoms with van der Waals surface area (Å²) < 4.78 is 85.8. The summed E-state index contributed by atoms with van der Waals surface area (Å²) in [6.45, 7) is -0.161. The molecule has 16 heteroatoms. The smallest absolute Gasteiger partial charge is 0.485 e. The minimum atomic E-state index is -4.83. The third kappa shape index (κ3) is 8.15. The van der Waals surface area contributed by atoms with E-state index in [1.165, 1.54) is 46.4 Å². The van der Waals surface area contributed by atoms with Gasteiger partial charge in [-0.1, -0.05) is 12.1 Å². The number of piperidine rings is 1. The lowest BCUT2D eigenvalue weighted by Gasteiger charge is -2.35. The number of carbonyl (C=O) groups is 2. The first kappa shape index (κ1) is 29.8. The molecule has 1 saturated heterocycles. The van der Waals surface area contributed by atoms with Gasteiger partial charge in [0.25, 0.3) is 5.91 Å². The third-order valence-corrected chi connectivity index (χ3v) is 6.79. The zero-order chi connectivity index (χ0) is 29.9. The normalized spacial score (nSPS) is 17.7. The van der Waals surface area contributed by atoms with Crippen molar-refractivity contribution >= 4 is 21.7 Å². The van der Waals surface area contributed by atoms with Gasteiger partial charge in [-0.25, -0.2) is 12.8 Å². The van der Waals surface area contributed by atoms with Crippen LogP contribution in [0.15, 0.2) is 48.9 Å². The van der Waals surface area contributed by atoms with Crippen LogP contribution in [-0.2, 0) is 26.9 Å². The quantitative estimate of drug-likeness (QED) is 0.369. The molecule has 3 heterocycles. The van der Waals surface area contributed by atoms with Gasteiger partial charge in [0.15, 0.2) is 21.8 Å².